The largest absolute Gasteiger partial charge is 0.467 e. The Morgan fingerprint density at radius 2 is 2.00 bits per heavy atom. The first-order valence-corrected chi connectivity index (χ1v) is 6.28. The summed E-state index contributed by atoms with van der Waals surface area (Å²) < 4.78 is 5.06. The summed E-state index contributed by atoms with van der Waals surface area (Å²) in [6.07, 6.45) is 1.81. The lowest BCUT2D eigenvalue weighted by atomic mass is 10.1. The molecule has 4 heteroatoms. The lowest BCUT2D eigenvalue weighted by Gasteiger charge is -2.09. The molecule has 2 N–H and O–H groups in total. The predicted molar refractivity (Wildman–Crippen MR) is 71.4 cm³/mol. The molecular formula is C15H17NO3. The maximum Gasteiger partial charge on any atom is 0.220 e. The number of aliphatic hydroxyl groups excluding tert-OH is 1. The van der Waals surface area contributed by atoms with Crippen molar-refractivity contribution in [1.29, 1.82) is 0 Å². The molecule has 2 aromatic rings. The monoisotopic (exact) mass is 259 g/mol. The maximum absolute atomic E-state index is 11.6. The van der Waals surface area contributed by atoms with E-state index in [1.165, 1.54) is 6.26 Å². The van der Waals surface area contributed by atoms with Gasteiger partial charge < -0.3 is 14.8 Å². The Morgan fingerprint density at radius 3 is 2.68 bits per heavy atom. The number of carbonyl (C=O) groups excluding carboxylic acids is 1. The Labute approximate surface area is 112 Å². The van der Waals surface area contributed by atoms with E-state index in [0.717, 1.165) is 5.56 Å². The molecule has 0 saturated heterocycles. The molecule has 19 heavy (non-hydrogen) atoms. The fraction of sp³-hybridized carbons (Fsp3) is 0.267. The summed E-state index contributed by atoms with van der Waals surface area (Å²) in [7, 11) is 0. The lowest BCUT2D eigenvalue weighted by Crippen LogP contribution is -2.28. The fourth-order valence-corrected chi connectivity index (χ4v) is 1.78. The van der Waals surface area contributed by atoms with E-state index in [9.17, 15) is 9.90 Å². The van der Waals surface area contributed by atoms with Gasteiger partial charge in [-0.25, -0.2) is 0 Å². The molecule has 0 aliphatic rings. The van der Waals surface area contributed by atoms with Crippen LogP contribution in [-0.2, 0) is 11.2 Å². The molecule has 1 heterocycles. The molecule has 0 radical (unpaired) electrons. The van der Waals surface area contributed by atoms with Crippen molar-refractivity contribution in [2.45, 2.75) is 18.9 Å². The molecule has 0 bridgehead atoms. The zero-order valence-corrected chi connectivity index (χ0v) is 10.6. The first-order valence-electron chi connectivity index (χ1n) is 6.28. The van der Waals surface area contributed by atoms with E-state index in [-0.39, 0.29) is 12.5 Å². The van der Waals surface area contributed by atoms with Gasteiger partial charge in [0.25, 0.3) is 0 Å². The van der Waals surface area contributed by atoms with Gasteiger partial charge >= 0.3 is 0 Å². The van der Waals surface area contributed by atoms with Gasteiger partial charge in [0, 0.05) is 6.42 Å². The third kappa shape index (κ3) is 4.26. The standard InChI is InChI=1S/C15H17NO3/c17-13(14-7-4-10-19-14)11-16-15(18)9-8-12-5-2-1-3-6-12/h1-7,10,13,17H,8-9,11H2,(H,16,18). The number of hydrogen-bond donors (Lipinski definition) is 2. The van der Waals surface area contributed by atoms with Gasteiger partial charge in [0.05, 0.1) is 12.8 Å². The van der Waals surface area contributed by atoms with Gasteiger partial charge in [-0.05, 0) is 24.1 Å². The quantitative estimate of drug-likeness (QED) is 0.834. The van der Waals surface area contributed by atoms with Gasteiger partial charge in [0.1, 0.15) is 11.9 Å². The van der Waals surface area contributed by atoms with E-state index < -0.39 is 6.10 Å². The van der Waals surface area contributed by atoms with Crippen LogP contribution >= 0.6 is 0 Å². The van der Waals surface area contributed by atoms with Gasteiger partial charge in [-0.3, -0.25) is 4.79 Å². The zero-order valence-electron chi connectivity index (χ0n) is 10.6. The van der Waals surface area contributed by atoms with E-state index in [0.29, 0.717) is 18.6 Å². The minimum atomic E-state index is -0.796. The molecule has 1 unspecified atom stereocenters. The Bertz CT molecular complexity index is 493. The SMILES string of the molecule is O=C(CCc1ccccc1)NCC(O)c1ccco1. The van der Waals surface area contributed by atoms with Crippen molar-refractivity contribution in [1.82, 2.24) is 5.32 Å². The number of nitrogens with one attached hydrogen (secondary N) is 1. The highest BCUT2D eigenvalue weighted by atomic mass is 16.4. The Morgan fingerprint density at radius 1 is 1.21 bits per heavy atom. The molecule has 0 spiro atoms. The van der Waals surface area contributed by atoms with Crippen LogP contribution < -0.4 is 5.32 Å². The zero-order chi connectivity index (χ0) is 13.5. The van der Waals surface area contributed by atoms with Crippen molar-refractivity contribution in [3.05, 3.63) is 60.1 Å². The highest BCUT2D eigenvalue weighted by molar-refractivity contribution is 5.76. The van der Waals surface area contributed by atoms with Gasteiger partial charge in [-0.1, -0.05) is 30.3 Å². The van der Waals surface area contributed by atoms with Crippen molar-refractivity contribution in [2.24, 2.45) is 0 Å². The highest BCUT2D eigenvalue weighted by Gasteiger charge is 2.11. The second kappa shape index (κ2) is 6.75. The van der Waals surface area contributed by atoms with Crippen LogP contribution in [0.4, 0.5) is 0 Å². The minimum absolute atomic E-state index is 0.0746. The van der Waals surface area contributed by atoms with Gasteiger partial charge in [-0.2, -0.15) is 0 Å². The number of carbonyl (C=O) groups is 1. The van der Waals surface area contributed by atoms with E-state index in [4.69, 9.17) is 4.42 Å². The molecule has 1 aromatic heterocycles. The average Bonchev–Trinajstić information content (AvgIpc) is 2.98. The minimum Gasteiger partial charge on any atom is -0.467 e. The molecule has 0 saturated carbocycles. The van der Waals surface area contributed by atoms with E-state index >= 15 is 0 Å². The molecule has 0 aliphatic carbocycles. The summed E-state index contributed by atoms with van der Waals surface area (Å²) in [5.74, 6) is 0.387. The molecule has 0 aliphatic heterocycles. The van der Waals surface area contributed by atoms with Gasteiger partial charge in [-0.15, -0.1) is 0 Å². The molecule has 2 rings (SSSR count). The Hall–Kier alpha value is -2.07. The van der Waals surface area contributed by atoms with Crippen LogP contribution in [-0.4, -0.2) is 17.6 Å². The van der Waals surface area contributed by atoms with Crippen LogP contribution in [0.5, 0.6) is 0 Å². The molecule has 1 amide bonds. The van der Waals surface area contributed by atoms with E-state index in [1.54, 1.807) is 12.1 Å². The van der Waals surface area contributed by atoms with Crippen LogP contribution in [0.25, 0.3) is 0 Å². The normalized spacial score (nSPS) is 12.1. The van der Waals surface area contributed by atoms with Crippen LogP contribution in [0.2, 0.25) is 0 Å². The first kappa shape index (κ1) is 13.4. The van der Waals surface area contributed by atoms with Crippen molar-refractivity contribution in [3.8, 4) is 0 Å². The number of aryl methyl sites for hydroxylation is 1. The number of benzene rings is 1. The summed E-state index contributed by atoms with van der Waals surface area (Å²) >= 11 is 0. The molecule has 4 nitrogen and oxygen atoms in total. The predicted octanol–water partition coefficient (Wildman–Crippen LogP) is 2.06. The summed E-state index contributed by atoms with van der Waals surface area (Å²) in [6.45, 7) is 0.168. The number of hydrogen-bond acceptors (Lipinski definition) is 3. The average molecular weight is 259 g/mol. The maximum atomic E-state index is 11.6. The first-order chi connectivity index (χ1) is 9.25. The summed E-state index contributed by atoms with van der Waals surface area (Å²) in [6, 6.07) is 13.2. The second-order valence-electron chi connectivity index (χ2n) is 4.32. The number of amides is 1. The van der Waals surface area contributed by atoms with Crippen LogP contribution in [0.3, 0.4) is 0 Å². The smallest absolute Gasteiger partial charge is 0.220 e. The number of aliphatic hydroxyl groups is 1. The van der Waals surface area contributed by atoms with Gasteiger partial charge in [0.2, 0.25) is 5.91 Å². The molecule has 1 aromatic carbocycles. The van der Waals surface area contributed by atoms with Crippen molar-refractivity contribution in [2.75, 3.05) is 6.54 Å². The molecule has 0 fully saturated rings. The molecular weight excluding hydrogens is 242 g/mol. The summed E-state index contributed by atoms with van der Waals surface area (Å²) in [4.78, 5) is 11.6. The number of furan rings is 1. The third-order valence-corrected chi connectivity index (χ3v) is 2.85. The number of rotatable bonds is 6. The van der Waals surface area contributed by atoms with E-state index in [1.807, 2.05) is 30.3 Å². The van der Waals surface area contributed by atoms with Crippen molar-refractivity contribution in [3.63, 3.8) is 0 Å². The molecule has 1 atom stereocenters. The van der Waals surface area contributed by atoms with Crippen LogP contribution in [0, 0.1) is 0 Å². The van der Waals surface area contributed by atoms with Crippen molar-refractivity contribution < 1.29 is 14.3 Å². The molecule has 100 valence electrons. The van der Waals surface area contributed by atoms with E-state index in [2.05, 4.69) is 5.32 Å². The van der Waals surface area contributed by atoms with Crippen LogP contribution in [0.1, 0.15) is 23.8 Å². The van der Waals surface area contributed by atoms with Gasteiger partial charge in [0.15, 0.2) is 0 Å². The summed E-state index contributed by atoms with van der Waals surface area (Å²) in [5.41, 5.74) is 1.13. The van der Waals surface area contributed by atoms with Crippen molar-refractivity contribution >= 4 is 5.91 Å². The summed E-state index contributed by atoms with van der Waals surface area (Å²) in [5, 5.41) is 12.4. The topological polar surface area (TPSA) is 62.5 Å². The highest BCUT2D eigenvalue weighted by Crippen LogP contribution is 2.11. The lowest BCUT2D eigenvalue weighted by molar-refractivity contribution is -0.121. The third-order valence-electron chi connectivity index (χ3n) is 2.85. The second-order valence-corrected chi connectivity index (χ2v) is 4.32. The van der Waals surface area contributed by atoms with Crippen LogP contribution in [0.15, 0.2) is 53.1 Å². The Kier molecular flexibility index (Phi) is 4.75. The fourth-order valence-electron chi connectivity index (χ4n) is 1.78. The Balaban J connectivity index is 1.70.